The monoisotopic (exact) mass is 290 g/mol. The number of rotatable bonds is 3. The molecule has 5 heteroatoms. The lowest BCUT2D eigenvalue weighted by Crippen LogP contribution is -2.45. The van der Waals surface area contributed by atoms with Crippen molar-refractivity contribution < 1.29 is 14.7 Å². The Morgan fingerprint density at radius 3 is 2.67 bits per heavy atom. The van der Waals surface area contributed by atoms with Gasteiger partial charge < -0.3 is 15.7 Å². The maximum Gasteiger partial charge on any atom is 0.336 e. The predicted molar refractivity (Wildman–Crippen MR) is 81.7 cm³/mol. The normalized spacial score (nSPS) is 21.9. The van der Waals surface area contributed by atoms with Crippen LogP contribution in [0.25, 0.3) is 0 Å². The fourth-order valence-corrected chi connectivity index (χ4v) is 2.69. The number of carbonyl (C=O) groups is 2. The van der Waals surface area contributed by atoms with Crippen LogP contribution in [0.2, 0.25) is 0 Å². The number of anilines is 1. The van der Waals surface area contributed by atoms with Crippen LogP contribution in [0.1, 0.15) is 41.3 Å². The summed E-state index contributed by atoms with van der Waals surface area (Å²) in [5.74, 6) is -0.548. The molecule has 1 aromatic carbocycles. The number of aromatic carboxylic acids is 1. The molecule has 1 aliphatic rings. The highest BCUT2D eigenvalue weighted by molar-refractivity contribution is 5.97. The number of carboxylic acid groups (broad SMARTS) is 1. The standard InChI is InChI=1S/C16H22N2O3/c1-9-4-5-17-14(6-9)15(19)18-12-7-10(2)11(3)13(8-12)16(20)21/h7-9,14,17H,4-6H2,1-3H3,(H,18,19)(H,20,21). The fraction of sp³-hybridized carbons (Fsp3) is 0.500. The minimum atomic E-state index is -0.976. The number of benzene rings is 1. The van der Waals surface area contributed by atoms with Crippen molar-refractivity contribution in [2.45, 2.75) is 39.7 Å². The zero-order valence-corrected chi connectivity index (χ0v) is 12.7. The zero-order valence-electron chi connectivity index (χ0n) is 12.7. The second-order valence-corrected chi connectivity index (χ2v) is 5.90. The van der Waals surface area contributed by atoms with Crippen molar-refractivity contribution in [3.8, 4) is 0 Å². The highest BCUT2D eigenvalue weighted by Gasteiger charge is 2.24. The topological polar surface area (TPSA) is 78.4 Å². The van der Waals surface area contributed by atoms with Crippen molar-refractivity contribution in [2.24, 2.45) is 5.92 Å². The van der Waals surface area contributed by atoms with Crippen LogP contribution in [0.5, 0.6) is 0 Å². The molecular formula is C16H22N2O3. The first kappa shape index (κ1) is 15.5. The van der Waals surface area contributed by atoms with Gasteiger partial charge in [0.2, 0.25) is 5.91 Å². The smallest absolute Gasteiger partial charge is 0.336 e. The fourth-order valence-electron chi connectivity index (χ4n) is 2.69. The number of amides is 1. The van der Waals surface area contributed by atoms with Gasteiger partial charge in [-0.1, -0.05) is 6.92 Å². The van der Waals surface area contributed by atoms with Gasteiger partial charge in [0.05, 0.1) is 11.6 Å². The Bertz CT molecular complexity index is 569. The van der Waals surface area contributed by atoms with Crippen molar-refractivity contribution in [2.75, 3.05) is 11.9 Å². The zero-order chi connectivity index (χ0) is 15.6. The molecule has 114 valence electrons. The van der Waals surface area contributed by atoms with Crippen LogP contribution in [0, 0.1) is 19.8 Å². The van der Waals surface area contributed by atoms with E-state index in [0.717, 1.165) is 30.5 Å². The molecule has 2 rings (SSSR count). The average Bonchev–Trinajstić information content (AvgIpc) is 2.42. The van der Waals surface area contributed by atoms with Gasteiger partial charge in [-0.15, -0.1) is 0 Å². The summed E-state index contributed by atoms with van der Waals surface area (Å²) in [6, 6.07) is 3.13. The van der Waals surface area contributed by atoms with E-state index in [9.17, 15) is 14.7 Å². The molecule has 2 unspecified atom stereocenters. The van der Waals surface area contributed by atoms with E-state index >= 15 is 0 Å². The van der Waals surface area contributed by atoms with E-state index in [1.807, 2.05) is 13.0 Å². The summed E-state index contributed by atoms with van der Waals surface area (Å²) in [6.45, 7) is 6.60. The van der Waals surface area contributed by atoms with Gasteiger partial charge in [0.25, 0.3) is 0 Å². The van der Waals surface area contributed by atoms with Gasteiger partial charge in [-0.05, 0) is 62.4 Å². The van der Waals surface area contributed by atoms with Crippen LogP contribution < -0.4 is 10.6 Å². The third-order valence-electron chi connectivity index (χ3n) is 4.15. The van der Waals surface area contributed by atoms with Gasteiger partial charge in [0, 0.05) is 5.69 Å². The van der Waals surface area contributed by atoms with Crippen molar-refractivity contribution in [1.82, 2.24) is 5.32 Å². The van der Waals surface area contributed by atoms with E-state index in [4.69, 9.17) is 0 Å². The lowest BCUT2D eigenvalue weighted by Gasteiger charge is -2.27. The molecule has 2 atom stereocenters. The number of aryl methyl sites for hydroxylation is 1. The number of carboxylic acids is 1. The molecule has 0 bridgehead atoms. The highest BCUT2D eigenvalue weighted by Crippen LogP contribution is 2.21. The first-order valence-corrected chi connectivity index (χ1v) is 7.27. The molecule has 1 heterocycles. The second-order valence-electron chi connectivity index (χ2n) is 5.90. The van der Waals surface area contributed by atoms with Crippen LogP contribution in [0.15, 0.2) is 12.1 Å². The number of piperidine rings is 1. The summed E-state index contributed by atoms with van der Waals surface area (Å²) < 4.78 is 0. The maximum absolute atomic E-state index is 12.3. The van der Waals surface area contributed by atoms with Gasteiger partial charge in [0.1, 0.15) is 0 Å². The number of carbonyl (C=O) groups excluding carboxylic acids is 1. The molecule has 1 saturated heterocycles. The molecule has 1 fully saturated rings. The van der Waals surface area contributed by atoms with Gasteiger partial charge in [-0.25, -0.2) is 4.79 Å². The lowest BCUT2D eigenvalue weighted by atomic mass is 9.94. The molecule has 21 heavy (non-hydrogen) atoms. The maximum atomic E-state index is 12.3. The molecule has 0 spiro atoms. The van der Waals surface area contributed by atoms with Crippen molar-refractivity contribution >= 4 is 17.6 Å². The summed E-state index contributed by atoms with van der Waals surface area (Å²) >= 11 is 0. The molecule has 1 aliphatic heterocycles. The Kier molecular flexibility index (Phi) is 4.63. The van der Waals surface area contributed by atoms with Crippen molar-refractivity contribution in [3.63, 3.8) is 0 Å². The SMILES string of the molecule is Cc1cc(NC(=O)C2CC(C)CCN2)cc(C(=O)O)c1C. The summed E-state index contributed by atoms with van der Waals surface area (Å²) in [4.78, 5) is 23.5. The molecule has 0 radical (unpaired) electrons. The third-order valence-corrected chi connectivity index (χ3v) is 4.15. The number of hydrogen-bond donors (Lipinski definition) is 3. The number of nitrogens with one attached hydrogen (secondary N) is 2. The van der Waals surface area contributed by atoms with Crippen molar-refractivity contribution in [1.29, 1.82) is 0 Å². The predicted octanol–water partition coefficient (Wildman–Crippen LogP) is 2.33. The summed E-state index contributed by atoms with van der Waals surface area (Å²) in [7, 11) is 0. The second kappa shape index (κ2) is 6.26. The first-order chi connectivity index (χ1) is 9.88. The van der Waals surface area contributed by atoms with Crippen LogP contribution >= 0.6 is 0 Å². The van der Waals surface area contributed by atoms with E-state index < -0.39 is 5.97 Å². The Labute approximate surface area is 124 Å². The molecule has 3 N–H and O–H groups in total. The minimum absolute atomic E-state index is 0.0962. The minimum Gasteiger partial charge on any atom is -0.478 e. The average molecular weight is 290 g/mol. The molecule has 1 amide bonds. The lowest BCUT2D eigenvalue weighted by molar-refractivity contribution is -0.119. The third kappa shape index (κ3) is 3.61. The Hall–Kier alpha value is -1.88. The Morgan fingerprint density at radius 2 is 2.05 bits per heavy atom. The largest absolute Gasteiger partial charge is 0.478 e. The summed E-state index contributed by atoms with van der Waals surface area (Å²) in [6.07, 6.45) is 1.89. The van der Waals surface area contributed by atoms with E-state index in [1.165, 1.54) is 6.07 Å². The van der Waals surface area contributed by atoms with Crippen LogP contribution in [0.3, 0.4) is 0 Å². The Morgan fingerprint density at radius 1 is 1.33 bits per heavy atom. The van der Waals surface area contributed by atoms with E-state index in [2.05, 4.69) is 17.6 Å². The van der Waals surface area contributed by atoms with E-state index in [1.54, 1.807) is 6.92 Å². The molecule has 1 aromatic rings. The van der Waals surface area contributed by atoms with E-state index in [-0.39, 0.29) is 17.5 Å². The molecule has 0 saturated carbocycles. The van der Waals surface area contributed by atoms with Gasteiger partial charge >= 0.3 is 5.97 Å². The number of hydrogen-bond acceptors (Lipinski definition) is 3. The quantitative estimate of drug-likeness (QED) is 0.798. The van der Waals surface area contributed by atoms with Gasteiger partial charge in [-0.2, -0.15) is 0 Å². The van der Waals surface area contributed by atoms with Crippen LogP contribution in [-0.4, -0.2) is 29.6 Å². The van der Waals surface area contributed by atoms with Crippen LogP contribution in [-0.2, 0) is 4.79 Å². The molecule has 5 nitrogen and oxygen atoms in total. The first-order valence-electron chi connectivity index (χ1n) is 7.27. The highest BCUT2D eigenvalue weighted by atomic mass is 16.4. The summed E-state index contributed by atoms with van der Waals surface area (Å²) in [5, 5.41) is 15.2. The molecular weight excluding hydrogens is 268 g/mol. The van der Waals surface area contributed by atoms with Crippen LogP contribution in [0.4, 0.5) is 5.69 Å². The van der Waals surface area contributed by atoms with Gasteiger partial charge in [-0.3, -0.25) is 4.79 Å². The molecule has 0 aromatic heterocycles. The van der Waals surface area contributed by atoms with Crippen molar-refractivity contribution in [3.05, 3.63) is 28.8 Å². The van der Waals surface area contributed by atoms with E-state index in [0.29, 0.717) is 11.6 Å². The summed E-state index contributed by atoms with van der Waals surface area (Å²) in [5.41, 5.74) is 2.36. The van der Waals surface area contributed by atoms with Gasteiger partial charge in [0.15, 0.2) is 0 Å². The Balaban J connectivity index is 2.15. The molecule has 0 aliphatic carbocycles.